The second kappa shape index (κ2) is 11.3. The van der Waals surface area contributed by atoms with Crippen LogP contribution in [0.1, 0.15) is 26.7 Å². The summed E-state index contributed by atoms with van der Waals surface area (Å²) < 4.78 is 0. The number of nitrogens with zero attached hydrogens (tertiary/aromatic N) is 2. The number of aliphatic hydroxyl groups excluding tert-OH is 2. The van der Waals surface area contributed by atoms with Gasteiger partial charge < -0.3 is 20.8 Å². The van der Waals surface area contributed by atoms with Crippen molar-refractivity contribution in [1.29, 1.82) is 0 Å². The van der Waals surface area contributed by atoms with Crippen molar-refractivity contribution < 1.29 is 19.8 Å². The molecule has 0 heterocycles. The van der Waals surface area contributed by atoms with Crippen LogP contribution in [0, 0.1) is 0 Å². The second-order valence-electron chi connectivity index (χ2n) is 4.54. The molecule has 20 heavy (non-hydrogen) atoms. The first kappa shape index (κ1) is 18.5. The topological polar surface area (TPSA) is 123 Å². The Morgan fingerprint density at radius 3 is 1.55 bits per heavy atom. The minimum atomic E-state index is -0.569. The van der Waals surface area contributed by atoms with Crippen molar-refractivity contribution in [2.45, 2.75) is 38.9 Å². The van der Waals surface area contributed by atoms with E-state index in [-0.39, 0.29) is 50.8 Å². The first-order valence-corrected chi connectivity index (χ1v) is 6.64. The molecule has 0 aliphatic heterocycles. The van der Waals surface area contributed by atoms with Crippen molar-refractivity contribution in [1.82, 2.24) is 10.6 Å². The number of hydrogen-bond acceptors (Lipinski definition) is 6. The molecule has 0 aromatic heterocycles. The number of nitrogens with one attached hydrogen (secondary N) is 2. The first-order valence-electron chi connectivity index (χ1n) is 6.64. The van der Waals surface area contributed by atoms with Crippen molar-refractivity contribution >= 4 is 11.8 Å². The van der Waals surface area contributed by atoms with E-state index in [0.29, 0.717) is 0 Å². The summed E-state index contributed by atoms with van der Waals surface area (Å²) >= 11 is 0. The maximum atomic E-state index is 11.2. The average molecular weight is 288 g/mol. The third-order valence-electron chi connectivity index (χ3n) is 2.17. The van der Waals surface area contributed by atoms with Gasteiger partial charge in [0, 0.05) is 25.9 Å². The lowest BCUT2D eigenvalue weighted by Crippen LogP contribution is -2.30. The minimum Gasteiger partial charge on any atom is -0.392 e. The molecule has 0 aliphatic carbocycles. The number of carbonyl (C=O) groups excluding carboxylic acids is 2. The first-order chi connectivity index (χ1) is 9.41. The molecule has 116 valence electrons. The number of rotatable bonds is 10. The lowest BCUT2D eigenvalue weighted by molar-refractivity contribution is -0.122. The van der Waals surface area contributed by atoms with Crippen LogP contribution in [0.3, 0.4) is 0 Å². The van der Waals surface area contributed by atoms with Crippen molar-refractivity contribution in [3.8, 4) is 0 Å². The van der Waals surface area contributed by atoms with Crippen LogP contribution in [0.15, 0.2) is 10.2 Å². The fourth-order valence-electron chi connectivity index (χ4n) is 1.14. The maximum absolute atomic E-state index is 11.2. The van der Waals surface area contributed by atoms with Crippen LogP contribution in [-0.4, -0.2) is 60.4 Å². The van der Waals surface area contributed by atoms with Gasteiger partial charge in [-0.15, -0.1) is 0 Å². The van der Waals surface area contributed by atoms with Crippen molar-refractivity contribution in [3.05, 3.63) is 0 Å². The summed E-state index contributed by atoms with van der Waals surface area (Å²) in [6, 6.07) is 0. The zero-order chi connectivity index (χ0) is 15.4. The van der Waals surface area contributed by atoms with Crippen molar-refractivity contribution in [2.75, 3.05) is 26.2 Å². The molecule has 0 saturated heterocycles. The lowest BCUT2D eigenvalue weighted by Gasteiger charge is -2.05. The Balaban J connectivity index is 3.52. The summed E-state index contributed by atoms with van der Waals surface area (Å²) in [7, 11) is 0. The Morgan fingerprint density at radius 1 is 0.900 bits per heavy atom. The Morgan fingerprint density at radius 2 is 1.25 bits per heavy atom. The van der Waals surface area contributed by atoms with Crippen LogP contribution >= 0.6 is 0 Å². The number of carbonyl (C=O) groups is 2. The van der Waals surface area contributed by atoms with Crippen LogP contribution in [-0.2, 0) is 9.59 Å². The number of hydrogen-bond donors (Lipinski definition) is 4. The van der Waals surface area contributed by atoms with Gasteiger partial charge in [0.2, 0.25) is 11.8 Å². The van der Waals surface area contributed by atoms with Gasteiger partial charge in [-0.25, -0.2) is 0 Å². The molecule has 2 amide bonds. The molecule has 0 aromatic carbocycles. The van der Waals surface area contributed by atoms with Crippen LogP contribution < -0.4 is 10.6 Å². The monoisotopic (exact) mass is 288 g/mol. The Labute approximate surface area is 118 Å². The van der Waals surface area contributed by atoms with Gasteiger partial charge in [0.25, 0.3) is 0 Å². The number of azo groups is 1. The Hall–Kier alpha value is -1.54. The molecule has 0 fully saturated rings. The minimum absolute atomic E-state index is 0.195. The fourth-order valence-corrected chi connectivity index (χ4v) is 1.14. The molecular weight excluding hydrogens is 264 g/mol. The predicted molar refractivity (Wildman–Crippen MR) is 73.2 cm³/mol. The van der Waals surface area contributed by atoms with Gasteiger partial charge in [0.15, 0.2) is 0 Å². The summed E-state index contributed by atoms with van der Waals surface area (Å²) in [6.45, 7) is 4.12. The molecule has 0 saturated carbocycles. The zero-order valence-electron chi connectivity index (χ0n) is 12.0. The van der Waals surface area contributed by atoms with Crippen molar-refractivity contribution in [2.24, 2.45) is 10.2 Å². The van der Waals surface area contributed by atoms with Gasteiger partial charge in [-0.3, -0.25) is 9.59 Å². The highest BCUT2D eigenvalue weighted by molar-refractivity contribution is 5.76. The van der Waals surface area contributed by atoms with Crippen LogP contribution in [0.4, 0.5) is 0 Å². The highest BCUT2D eigenvalue weighted by Gasteiger charge is 2.03. The van der Waals surface area contributed by atoms with E-state index in [9.17, 15) is 9.59 Å². The molecule has 0 radical (unpaired) electrons. The fraction of sp³-hybridized carbons (Fsp3) is 0.833. The van der Waals surface area contributed by atoms with Crippen LogP contribution in [0.5, 0.6) is 0 Å². The third kappa shape index (κ3) is 12.9. The van der Waals surface area contributed by atoms with Gasteiger partial charge in [0.05, 0.1) is 25.3 Å². The van der Waals surface area contributed by atoms with Gasteiger partial charge in [-0.2, -0.15) is 10.2 Å². The van der Waals surface area contributed by atoms with E-state index in [1.165, 1.54) is 0 Å². The molecule has 2 unspecified atom stereocenters. The SMILES string of the molecule is CC(O)CNC(=O)CCN=NCCC(=O)NCC(C)O. The van der Waals surface area contributed by atoms with E-state index >= 15 is 0 Å². The molecule has 4 N–H and O–H groups in total. The summed E-state index contributed by atoms with van der Waals surface area (Å²) in [6.07, 6.45) is -0.740. The quantitative estimate of drug-likeness (QED) is 0.393. The highest BCUT2D eigenvalue weighted by atomic mass is 16.3. The van der Waals surface area contributed by atoms with Gasteiger partial charge in [0.1, 0.15) is 0 Å². The van der Waals surface area contributed by atoms with E-state index in [4.69, 9.17) is 10.2 Å². The largest absolute Gasteiger partial charge is 0.392 e. The van der Waals surface area contributed by atoms with Gasteiger partial charge >= 0.3 is 0 Å². The molecule has 0 rings (SSSR count). The third-order valence-corrected chi connectivity index (χ3v) is 2.17. The molecule has 8 heteroatoms. The standard InChI is InChI=1S/C12H24N4O4/c1-9(17)7-13-11(19)3-5-15-16-6-4-12(20)14-8-10(2)18/h9-10,17-18H,3-8H2,1-2H3,(H,13,19)(H,14,20). The number of aliphatic hydroxyl groups is 2. The average Bonchev–Trinajstić information content (AvgIpc) is 2.37. The molecular formula is C12H24N4O4. The molecule has 0 spiro atoms. The highest BCUT2D eigenvalue weighted by Crippen LogP contribution is 1.88. The Kier molecular flexibility index (Phi) is 10.4. The smallest absolute Gasteiger partial charge is 0.222 e. The van der Waals surface area contributed by atoms with E-state index in [1.54, 1.807) is 13.8 Å². The summed E-state index contributed by atoms with van der Waals surface area (Å²) in [5.74, 6) is -0.390. The van der Waals surface area contributed by atoms with Crippen LogP contribution in [0.25, 0.3) is 0 Å². The summed E-state index contributed by atoms with van der Waals surface area (Å²) in [5, 5.41) is 30.6. The summed E-state index contributed by atoms with van der Waals surface area (Å²) in [5.41, 5.74) is 0. The van der Waals surface area contributed by atoms with E-state index in [2.05, 4.69) is 20.9 Å². The van der Waals surface area contributed by atoms with E-state index in [0.717, 1.165) is 0 Å². The predicted octanol–water partition coefficient (Wildman–Crippen LogP) is -0.787. The van der Waals surface area contributed by atoms with Crippen molar-refractivity contribution in [3.63, 3.8) is 0 Å². The second-order valence-corrected chi connectivity index (χ2v) is 4.54. The normalized spacial score (nSPS) is 14.0. The van der Waals surface area contributed by atoms with Gasteiger partial charge in [-0.05, 0) is 13.8 Å². The lowest BCUT2D eigenvalue weighted by atomic mass is 10.3. The molecule has 2 atom stereocenters. The molecule has 8 nitrogen and oxygen atoms in total. The zero-order valence-corrected chi connectivity index (χ0v) is 12.0. The molecule has 0 aromatic rings. The molecule has 0 bridgehead atoms. The van der Waals surface area contributed by atoms with Gasteiger partial charge in [-0.1, -0.05) is 0 Å². The Bertz CT molecular complexity index is 289. The maximum Gasteiger partial charge on any atom is 0.222 e. The number of amides is 2. The van der Waals surface area contributed by atoms with E-state index in [1.807, 2.05) is 0 Å². The molecule has 0 aliphatic rings. The summed E-state index contributed by atoms with van der Waals surface area (Å²) in [4.78, 5) is 22.5. The van der Waals surface area contributed by atoms with E-state index < -0.39 is 12.2 Å². The van der Waals surface area contributed by atoms with Crippen LogP contribution in [0.2, 0.25) is 0 Å².